The van der Waals surface area contributed by atoms with Gasteiger partial charge in [0.1, 0.15) is 17.5 Å². The number of carboxylic acids is 1. The molecule has 1 aromatic carbocycles. The molecule has 1 aromatic heterocycles. The van der Waals surface area contributed by atoms with E-state index < -0.39 is 29.9 Å². The molecule has 2 aromatic rings. The van der Waals surface area contributed by atoms with Crippen molar-refractivity contribution in [3.05, 3.63) is 36.0 Å². The Balaban J connectivity index is 1.25. The fourth-order valence-electron chi connectivity index (χ4n) is 6.59. The highest BCUT2D eigenvalue weighted by Gasteiger charge is 2.33. The predicted molar refractivity (Wildman–Crippen MR) is 176 cm³/mol. The fourth-order valence-corrected chi connectivity index (χ4v) is 6.59. The third kappa shape index (κ3) is 8.95. The minimum atomic E-state index is -1.17. The number of carbonyl (C=O) groups excluding carboxylic acids is 5. The van der Waals surface area contributed by atoms with Crippen molar-refractivity contribution in [3.8, 4) is 5.75 Å². The molecule has 264 valence electrons. The lowest BCUT2D eigenvalue weighted by Gasteiger charge is -2.40. The van der Waals surface area contributed by atoms with Crippen molar-refractivity contribution < 1.29 is 43.3 Å². The smallest absolute Gasteiger partial charge is 0.409 e. The summed E-state index contributed by atoms with van der Waals surface area (Å²) in [6, 6.07) is 7.38. The molecule has 0 radical (unpaired) electrons. The number of piperazine rings is 2. The van der Waals surface area contributed by atoms with Crippen molar-refractivity contribution in [2.24, 2.45) is 0 Å². The van der Waals surface area contributed by atoms with Gasteiger partial charge in [-0.05, 0) is 38.3 Å². The van der Waals surface area contributed by atoms with E-state index in [1.165, 1.54) is 27.2 Å². The van der Waals surface area contributed by atoms with E-state index in [2.05, 4.69) is 10.3 Å². The molecule has 1 aliphatic carbocycles. The van der Waals surface area contributed by atoms with Gasteiger partial charge in [-0.1, -0.05) is 31.4 Å². The number of pyridine rings is 1. The standard InChI is InChI=1S/C34H44N6O9/c1-2-48-34(47)38-16-14-37(15-17-38)33(46)26(12-13-31(43)44)36-32(45)27-20-28(24-10-6-7-11-25(24)35-27)49-22-30(42)39-18-19-40(29(41)21-39)23-8-4-3-5-9-23/h6-7,10-11,20,23,26H,2-5,8-9,12-19,21-22H2,1H3,(H,36,45)(H,43,44)/t26-/m0/s1. The first-order valence-corrected chi connectivity index (χ1v) is 17.0. The number of carboxylic acid groups (broad SMARTS) is 1. The average molecular weight is 681 g/mol. The molecule has 1 atom stereocenters. The van der Waals surface area contributed by atoms with Gasteiger partial charge >= 0.3 is 12.1 Å². The summed E-state index contributed by atoms with van der Waals surface area (Å²) in [5.74, 6) is -2.52. The van der Waals surface area contributed by atoms with Crippen LogP contribution in [-0.4, -0.2) is 136 Å². The van der Waals surface area contributed by atoms with Gasteiger partial charge in [-0.2, -0.15) is 0 Å². The molecule has 3 heterocycles. The SMILES string of the molecule is CCOC(=O)N1CCN(C(=O)[C@H](CCC(=O)O)NC(=O)c2cc(OCC(=O)N3CCN(C4CCCCC4)C(=O)C3)c3ccccc3n2)CC1. The Morgan fingerprint density at radius 3 is 2.35 bits per heavy atom. The van der Waals surface area contributed by atoms with E-state index in [0.29, 0.717) is 24.0 Å². The number of benzene rings is 1. The minimum Gasteiger partial charge on any atom is -0.483 e. The molecule has 5 rings (SSSR count). The van der Waals surface area contributed by atoms with Crippen LogP contribution < -0.4 is 10.1 Å². The number of ether oxygens (including phenoxy) is 2. The van der Waals surface area contributed by atoms with Crippen LogP contribution in [0.25, 0.3) is 10.9 Å². The maximum absolute atomic E-state index is 13.5. The molecule has 0 spiro atoms. The van der Waals surface area contributed by atoms with Crippen molar-refractivity contribution >= 4 is 46.6 Å². The highest BCUT2D eigenvalue weighted by Crippen LogP contribution is 2.27. The van der Waals surface area contributed by atoms with Crippen LogP contribution in [-0.2, 0) is 23.9 Å². The van der Waals surface area contributed by atoms with Gasteiger partial charge in [-0.15, -0.1) is 0 Å². The largest absolute Gasteiger partial charge is 0.483 e. The summed E-state index contributed by atoms with van der Waals surface area (Å²) in [6.07, 6.45) is 4.41. The topological polar surface area (TPSA) is 179 Å². The van der Waals surface area contributed by atoms with Crippen LogP contribution in [0.2, 0.25) is 0 Å². The number of nitrogens with zero attached hydrogens (tertiary/aromatic N) is 5. The molecule has 3 fully saturated rings. The van der Waals surface area contributed by atoms with Crippen LogP contribution in [0.15, 0.2) is 30.3 Å². The second kappa shape index (κ2) is 16.4. The fraction of sp³-hybridized carbons (Fsp3) is 0.559. The molecule has 0 bridgehead atoms. The molecule has 49 heavy (non-hydrogen) atoms. The van der Waals surface area contributed by atoms with Gasteiger partial charge in [0, 0.05) is 63.2 Å². The van der Waals surface area contributed by atoms with E-state index in [-0.39, 0.29) is 88.1 Å². The summed E-state index contributed by atoms with van der Waals surface area (Å²) in [4.78, 5) is 87.4. The Kier molecular flexibility index (Phi) is 11.9. The van der Waals surface area contributed by atoms with Crippen LogP contribution in [0.4, 0.5) is 4.79 Å². The summed E-state index contributed by atoms with van der Waals surface area (Å²) >= 11 is 0. The van der Waals surface area contributed by atoms with Crippen LogP contribution in [0, 0.1) is 0 Å². The first-order chi connectivity index (χ1) is 23.6. The van der Waals surface area contributed by atoms with Crippen molar-refractivity contribution in [1.29, 1.82) is 0 Å². The highest BCUT2D eigenvalue weighted by molar-refractivity contribution is 5.99. The number of para-hydroxylation sites is 1. The third-order valence-electron chi connectivity index (χ3n) is 9.26. The third-order valence-corrected chi connectivity index (χ3v) is 9.26. The molecule has 0 unspecified atom stereocenters. The maximum atomic E-state index is 13.5. The number of amides is 5. The van der Waals surface area contributed by atoms with Crippen LogP contribution in [0.3, 0.4) is 0 Å². The van der Waals surface area contributed by atoms with Crippen LogP contribution in [0.5, 0.6) is 5.75 Å². The monoisotopic (exact) mass is 680 g/mol. The van der Waals surface area contributed by atoms with Gasteiger partial charge in [0.15, 0.2) is 6.61 Å². The van der Waals surface area contributed by atoms with Crippen molar-refractivity contribution in [2.75, 3.05) is 59.0 Å². The van der Waals surface area contributed by atoms with E-state index >= 15 is 0 Å². The molecule has 3 aliphatic rings. The predicted octanol–water partition coefficient (Wildman–Crippen LogP) is 1.88. The van der Waals surface area contributed by atoms with Crippen molar-refractivity contribution in [3.63, 3.8) is 0 Å². The van der Waals surface area contributed by atoms with Crippen LogP contribution >= 0.6 is 0 Å². The van der Waals surface area contributed by atoms with Gasteiger partial charge in [-0.3, -0.25) is 24.0 Å². The van der Waals surface area contributed by atoms with E-state index in [0.717, 1.165) is 25.7 Å². The van der Waals surface area contributed by atoms with Crippen molar-refractivity contribution in [2.45, 2.75) is 64.0 Å². The van der Waals surface area contributed by atoms with Gasteiger partial charge in [0.25, 0.3) is 11.8 Å². The van der Waals surface area contributed by atoms with E-state index in [1.807, 2.05) is 4.90 Å². The quantitative estimate of drug-likeness (QED) is 0.356. The Labute approximate surface area is 284 Å². The Morgan fingerprint density at radius 1 is 0.959 bits per heavy atom. The lowest BCUT2D eigenvalue weighted by atomic mass is 9.93. The molecule has 2 saturated heterocycles. The van der Waals surface area contributed by atoms with E-state index in [1.54, 1.807) is 31.2 Å². The first-order valence-electron chi connectivity index (χ1n) is 17.0. The second-order valence-corrected chi connectivity index (χ2v) is 12.5. The number of rotatable bonds is 11. The molecular formula is C34H44N6O9. The lowest BCUT2D eigenvalue weighted by molar-refractivity contribution is -0.148. The van der Waals surface area contributed by atoms with Gasteiger partial charge in [-0.25, -0.2) is 9.78 Å². The maximum Gasteiger partial charge on any atom is 0.409 e. The number of aromatic nitrogens is 1. The number of aliphatic carboxylic acids is 1. The zero-order valence-corrected chi connectivity index (χ0v) is 27.8. The van der Waals surface area contributed by atoms with Gasteiger partial charge in [0.05, 0.1) is 18.7 Å². The molecule has 2 aliphatic heterocycles. The zero-order valence-electron chi connectivity index (χ0n) is 27.8. The molecule has 15 heteroatoms. The molecule has 2 N–H and O–H groups in total. The Bertz CT molecular complexity index is 1550. The van der Waals surface area contributed by atoms with Gasteiger partial charge in [0.2, 0.25) is 11.8 Å². The summed E-state index contributed by atoms with van der Waals surface area (Å²) in [6.45, 7) is 3.33. The molecule has 15 nitrogen and oxygen atoms in total. The molecule has 5 amide bonds. The van der Waals surface area contributed by atoms with E-state index in [4.69, 9.17) is 9.47 Å². The highest BCUT2D eigenvalue weighted by atomic mass is 16.6. The summed E-state index contributed by atoms with van der Waals surface area (Å²) in [7, 11) is 0. The summed E-state index contributed by atoms with van der Waals surface area (Å²) < 4.78 is 11.0. The van der Waals surface area contributed by atoms with Crippen molar-refractivity contribution in [1.82, 2.24) is 29.9 Å². The normalized spacial score (nSPS) is 17.9. The average Bonchev–Trinajstić information content (AvgIpc) is 3.12. The number of nitrogens with one attached hydrogen (secondary N) is 1. The van der Waals surface area contributed by atoms with Crippen LogP contribution in [0.1, 0.15) is 62.4 Å². The summed E-state index contributed by atoms with van der Waals surface area (Å²) in [5, 5.41) is 12.5. The Hall–Kier alpha value is -4.95. The van der Waals surface area contributed by atoms with Gasteiger partial charge < -0.3 is 39.5 Å². The lowest BCUT2D eigenvalue weighted by Crippen LogP contribution is -2.56. The molecular weight excluding hydrogens is 636 g/mol. The zero-order chi connectivity index (χ0) is 34.9. The minimum absolute atomic E-state index is 0.00687. The summed E-state index contributed by atoms with van der Waals surface area (Å²) in [5.41, 5.74) is 0.329. The first kappa shape index (κ1) is 35.4. The Morgan fingerprint density at radius 2 is 1.65 bits per heavy atom. The number of carbonyl (C=O) groups is 6. The number of hydrogen-bond donors (Lipinski definition) is 2. The number of hydrogen-bond acceptors (Lipinski definition) is 9. The number of fused-ring (bicyclic) bond motifs is 1. The second-order valence-electron chi connectivity index (χ2n) is 12.5. The molecule has 1 saturated carbocycles. The van der Waals surface area contributed by atoms with E-state index in [9.17, 15) is 33.9 Å².